The number of nitrogens with two attached hydrogens (primary N) is 1. The molecule has 1 amide bonds. The number of aryl methyl sites for hydroxylation is 1. The number of nitrogens with one attached hydrogen (secondary N) is 2. The van der Waals surface area contributed by atoms with Crippen LogP contribution in [0.1, 0.15) is 36.8 Å². The number of carbonyl (C=O) groups excluding carboxylic acids is 1. The molecule has 1 fully saturated rings. The van der Waals surface area contributed by atoms with Crippen LogP contribution >= 0.6 is 12.4 Å². The molecule has 126 valence electrons. The quantitative estimate of drug-likeness (QED) is 0.803. The van der Waals surface area contributed by atoms with E-state index >= 15 is 0 Å². The molecule has 2 aromatic rings. The number of fused-ring (bicyclic) bond motifs is 1. The van der Waals surface area contributed by atoms with Gasteiger partial charge < -0.3 is 16.0 Å². The molecule has 2 atom stereocenters. The van der Waals surface area contributed by atoms with E-state index in [9.17, 15) is 4.79 Å². The fourth-order valence-electron chi connectivity index (χ4n) is 3.58. The van der Waals surface area contributed by atoms with Gasteiger partial charge in [0.15, 0.2) is 0 Å². The zero-order chi connectivity index (χ0) is 15.5. The molecule has 0 saturated heterocycles. The molecule has 4 nitrogen and oxygen atoms in total. The third-order valence-electron chi connectivity index (χ3n) is 4.77. The van der Waals surface area contributed by atoms with E-state index in [1.165, 1.54) is 22.0 Å². The topological polar surface area (TPSA) is 70.9 Å². The Hall–Kier alpha value is -1.52. The molecule has 1 aromatic carbocycles. The van der Waals surface area contributed by atoms with E-state index in [4.69, 9.17) is 5.73 Å². The van der Waals surface area contributed by atoms with Crippen molar-refractivity contribution in [2.45, 2.75) is 45.1 Å². The van der Waals surface area contributed by atoms with Gasteiger partial charge in [0.2, 0.25) is 5.91 Å². The van der Waals surface area contributed by atoms with Crippen molar-refractivity contribution in [3.8, 4) is 0 Å². The number of benzene rings is 1. The van der Waals surface area contributed by atoms with Gasteiger partial charge in [-0.25, -0.2) is 0 Å². The van der Waals surface area contributed by atoms with E-state index in [0.29, 0.717) is 6.54 Å². The smallest absolute Gasteiger partial charge is 0.223 e. The molecule has 5 heteroatoms. The first-order chi connectivity index (χ1) is 10.6. The fourth-order valence-corrected chi connectivity index (χ4v) is 3.58. The molecule has 0 aliphatic heterocycles. The predicted octanol–water partition coefficient (Wildman–Crippen LogP) is 3.07. The van der Waals surface area contributed by atoms with Crippen molar-refractivity contribution in [1.29, 1.82) is 0 Å². The zero-order valence-electron chi connectivity index (χ0n) is 13.6. The molecule has 1 heterocycles. The maximum atomic E-state index is 12.2. The van der Waals surface area contributed by atoms with E-state index in [1.807, 2.05) is 0 Å². The Bertz CT molecular complexity index is 667. The van der Waals surface area contributed by atoms with Gasteiger partial charge in [0.25, 0.3) is 0 Å². The van der Waals surface area contributed by atoms with Gasteiger partial charge in [-0.15, -0.1) is 12.4 Å². The van der Waals surface area contributed by atoms with E-state index in [0.717, 1.165) is 32.1 Å². The lowest BCUT2D eigenvalue weighted by Crippen LogP contribution is -2.38. The molecule has 1 aromatic heterocycles. The van der Waals surface area contributed by atoms with Gasteiger partial charge >= 0.3 is 0 Å². The second-order valence-electron chi connectivity index (χ2n) is 6.48. The molecular formula is C18H26ClN3O. The second-order valence-corrected chi connectivity index (χ2v) is 6.48. The average molecular weight is 336 g/mol. The molecular weight excluding hydrogens is 310 g/mol. The van der Waals surface area contributed by atoms with Crippen LogP contribution in [-0.4, -0.2) is 23.5 Å². The van der Waals surface area contributed by atoms with Crippen molar-refractivity contribution >= 4 is 29.2 Å². The number of rotatable bonds is 4. The van der Waals surface area contributed by atoms with E-state index in [2.05, 4.69) is 41.6 Å². The highest BCUT2D eigenvalue weighted by Crippen LogP contribution is 2.24. The van der Waals surface area contributed by atoms with Crippen LogP contribution in [0.2, 0.25) is 0 Å². The lowest BCUT2D eigenvalue weighted by atomic mass is 9.85. The summed E-state index contributed by atoms with van der Waals surface area (Å²) in [5.41, 5.74) is 9.68. The van der Waals surface area contributed by atoms with Crippen LogP contribution in [0.4, 0.5) is 0 Å². The third-order valence-corrected chi connectivity index (χ3v) is 4.77. The first-order valence-corrected chi connectivity index (χ1v) is 8.24. The number of aromatic amines is 1. The highest BCUT2D eigenvalue weighted by Gasteiger charge is 2.24. The van der Waals surface area contributed by atoms with Crippen molar-refractivity contribution in [2.75, 3.05) is 6.54 Å². The Morgan fingerprint density at radius 1 is 1.39 bits per heavy atom. The Morgan fingerprint density at radius 2 is 2.22 bits per heavy atom. The van der Waals surface area contributed by atoms with Gasteiger partial charge in [0, 0.05) is 35.6 Å². The Balaban J connectivity index is 0.00000192. The zero-order valence-corrected chi connectivity index (χ0v) is 14.4. The molecule has 4 N–H and O–H groups in total. The third kappa shape index (κ3) is 4.06. The summed E-state index contributed by atoms with van der Waals surface area (Å²) >= 11 is 0. The van der Waals surface area contributed by atoms with E-state index in [1.54, 1.807) is 0 Å². The number of amides is 1. The first-order valence-electron chi connectivity index (χ1n) is 8.24. The molecule has 1 aliphatic carbocycles. The van der Waals surface area contributed by atoms with Crippen molar-refractivity contribution in [3.63, 3.8) is 0 Å². The molecule has 0 spiro atoms. The van der Waals surface area contributed by atoms with Gasteiger partial charge in [-0.3, -0.25) is 4.79 Å². The molecule has 23 heavy (non-hydrogen) atoms. The minimum atomic E-state index is 0. The Kier molecular flexibility index (Phi) is 6.08. The maximum absolute atomic E-state index is 12.2. The summed E-state index contributed by atoms with van der Waals surface area (Å²) in [5, 5.41) is 4.38. The highest BCUT2D eigenvalue weighted by atomic mass is 35.5. The standard InChI is InChI=1S/C18H25N3O.ClH/c1-12-4-2-7-16-17(12)14(11-21-16)8-9-20-18(22)13-5-3-6-15(19)10-13;/h2,4,7,11,13,15,21H,3,5-6,8-10,19H2,1H3,(H,20,22);1H. The summed E-state index contributed by atoms with van der Waals surface area (Å²) in [7, 11) is 0. The largest absolute Gasteiger partial charge is 0.361 e. The Labute approximate surface area is 143 Å². The first kappa shape index (κ1) is 17.8. The van der Waals surface area contributed by atoms with Crippen LogP contribution in [0.15, 0.2) is 24.4 Å². The summed E-state index contributed by atoms with van der Waals surface area (Å²) in [5.74, 6) is 0.278. The number of halogens is 1. The van der Waals surface area contributed by atoms with Crippen LogP contribution in [-0.2, 0) is 11.2 Å². The summed E-state index contributed by atoms with van der Waals surface area (Å²) < 4.78 is 0. The minimum Gasteiger partial charge on any atom is -0.361 e. The maximum Gasteiger partial charge on any atom is 0.223 e. The van der Waals surface area contributed by atoms with Crippen LogP contribution < -0.4 is 11.1 Å². The van der Waals surface area contributed by atoms with Gasteiger partial charge in [0.05, 0.1) is 0 Å². The lowest BCUT2D eigenvalue weighted by Gasteiger charge is -2.25. The monoisotopic (exact) mass is 335 g/mol. The van der Waals surface area contributed by atoms with E-state index in [-0.39, 0.29) is 30.3 Å². The molecule has 0 bridgehead atoms. The summed E-state index contributed by atoms with van der Waals surface area (Å²) in [6, 6.07) is 6.47. The Morgan fingerprint density at radius 3 is 3.00 bits per heavy atom. The summed E-state index contributed by atoms with van der Waals surface area (Å²) in [6.07, 6.45) is 6.85. The van der Waals surface area contributed by atoms with E-state index < -0.39 is 0 Å². The average Bonchev–Trinajstić information content (AvgIpc) is 2.92. The summed E-state index contributed by atoms with van der Waals surface area (Å²) in [4.78, 5) is 15.5. The molecule has 2 unspecified atom stereocenters. The number of H-pyrrole nitrogens is 1. The van der Waals surface area contributed by atoms with Gasteiger partial charge in [-0.05, 0) is 49.8 Å². The molecule has 1 saturated carbocycles. The van der Waals surface area contributed by atoms with Gasteiger partial charge in [0.1, 0.15) is 0 Å². The minimum absolute atomic E-state index is 0. The van der Waals surface area contributed by atoms with Gasteiger partial charge in [-0.2, -0.15) is 0 Å². The highest BCUT2D eigenvalue weighted by molar-refractivity contribution is 5.86. The predicted molar refractivity (Wildman–Crippen MR) is 96.9 cm³/mol. The number of aromatic nitrogens is 1. The molecule has 1 aliphatic rings. The van der Waals surface area contributed by atoms with Crippen molar-refractivity contribution in [3.05, 3.63) is 35.5 Å². The molecule has 3 rings (SSSR count). The van der Waals surface area contributed by atoms with Gasteiger partial charge in [-0.1, -0.05) is 18.6 Å². The van der Waals surface area contributed by atoms with Crippen molar-refractivity contribution in [1.82, 2.24) is 10.3 Å². The summed E-state index contributed by atoms with van der Waals surface area (Å²) in [6.45, 7) is 2.81. The number of hydrogen-bond donors (Lipinski definition) is 3. The SMILES string of the molecule is Cc1cccc2[nH]cc(CCNC(=O)C3CCCC(N)C3)c12.Cl. The number of hydrogen-bond acceptors (Lipinski definition) is 2. The fraction of sp³-hybridized carbons (Fsp3) is 0.500. The lowest BCUT2D eigenvalue weighted by molar-refractivity contribution is -0.126. The normalized spacial score (nSPS) is 21.0. The van der Waals surface area contributed by atoms with Crippen LogP contribution in [0.3, 0.4) is 0 Å². The van der Waals surface area contributed by atoms with Crippen molar-refractivity contribution in [2.24, 2.45) is 11.7 Å². The van der Waals surface area contributed by atoms with Crippen LogP contribution in [0.25, 0.3) is 10.9 Å². The van der Waals surface area contributed by atoms with Crippen LogP contribution in [0, 0.1) is 12.8 Å². The van der Waals surface area contributed by atoms with Crippen molar-refractivity contribution < 1.29 is 4.79 Å². The number of carbonyl (C=O) groups is 1. The second kappa shape index (κ2) is 7.84. The van der Waals surface area contributed by atoms with Crippen LogP contribution in [0.5, 0.6) is 0 Å². The molecule has 0 radical (unpaired) electrons.